The van der Waals surface area contributed by atoms with Crippen molar-refractivity contribution in [3.8, 4) is 11.4 Å². The fraction of sp³-hybridized carbons (Fsp3) is 0.333. The molecule has 1 saturated heterocycles. The molecule has 0 spiro atoms. The fourth-order valence-corrected chi connectivity index (χ4v) is 3.30. The van der Waals surface area contributed by atoms with E-state index in [4.69, 9.17) is 0 Å². The van der Waals surface area contributed by atoms with Crippen LogP contribution < -0.4 is 10.2 Å². The van der Waals surface area contributed by atoms with Crippen molar-refractivity contribution in [3.05, 3.63) is 48.0 Å². The van der Waals surface area contributed by atoms with Gasteiger partial charge in [0, 0.05) is 44.6 Å². The minimum atomic E-state index is -4.56. The maximum Gasteiger partial charge on any atom is 0.433 e. The lowest BCUT2D eigenvalue weighted by Gasteiger charge is -2.17. The molecule has 0 radical (unpaired) electrons. The molecule has 1 aliphatic heterocycles. The van der Waals surface area contributed by atoms with Crippen LogP contribution in [0.4, 0.5) is 19.1 Å². The van der Waals surface area contributed by atoms with Crippen LogP contribution in [0.25, 0.3) is 11.4 Å². The Morgan fingerprint density at radius 2 is 2.17 bits per heavy atom. The van der Waals surface area contributed by atoms with Crippen LogP contribution >= 0.6 is 0 Å². The Balaban J connectivity index is 1.42. The standard InChI is InChI=1S/C18H18F3N7O/c1-27-15(18(19,20)21)9-14(26-27)16(29)24-11-5-8-28(10-11)17-23-7-4-13(25-17)12-3-2-6-22-12/h2-4,6-7,9,11,22H,5,8,10H2,1H3,(H,24,29). The topological polar surface area (TPSA) is 91.7 Å². The molecule has 0 aliphatic carbocycles. The van der Waals surface area contributed by atoms with Gasteiger partial charge in [0.15, 0.2) is 5.69 Å². The smallest absolute Gasteiger partial charge is 0.360 e. The Bertz CT molecular complexity index is 1010. The second-order valence-corrected chi connectivity index (χ2v) is 6.77. The lowest BCUT2D eigenvalue weighted by molar-refractivity contribution is -0.143. The quantitative estimate of drug-likeness (QED) is 0.695. The van der Waals surface area contributed by atoms with Gasteiger partial charge in [0.1, 0.15) is 5.69 Å². The van der Waals surface area contributed by atoms with Crippen LogP contribution in [0.5, 0.6) is 0 Å². The maximum absolute atomic E-state index is 12.9. The fourth-order valence-electron chi connectivity index (χ4n) is 3.30. The molecule has 0 aromatic carbocycles. The SMILES string of the molecule is Cn1nc(C(=O)NC2CCN(c3nccc(-c4ccc[nH]4)n3)C2)cc1C(F)(F)F. The molecule has 11 heteroatoms. The van der Waals surface area contributed by atoms with Crippen LogP contribution in [-0.2, 0) is 13.2 Å². The second-order valence-electron chi connectivity index (χ2n) is 6.77. The largest absolute Gasteiger partial charge is 0.433 e. The van der Waals surface area contributed by atoms with Gasteiger partial charge in [-0.2, -0.15) is 18.3 Å². The minimum Gasteiger partial charge on any atom is -0.360 e. The minimum absolute atomic E-state index is 0.239. The summed E-state index contributed by atoms with van der Waals surface area (Å²) in [6, 6.07) is 6.09. The number of nitrogens with one attached hydrogen (secondary N) is 2. The van der Waals surface area contributed by atoms with E-state index in [2.05, 4.69) is 25.4 Å². The molecule has 1 amide bonds. The predicted octanol–water partition coefficient (Wildman–Crippen LogP) is 2.23. The van der Waals surface area contributed by atoms with E-state index in [-0.39, 0.29) is 11.7 Å². The molecule has 152 valence electrons. The Hall–Kier alpha value is -3.37. The lowest BCUT2D eigenvalue weighted by Crippen LogP contribution is -2.37. The number of nitrogens with zero attached hydrogens (tertiary/aromatic N) is 5. The number of amides is 1. The number of hydrogen-bond donors (Lipinski definition) is 2. The van der Waals surface area contributed by atoms with E-state index in [9.17, 15) is 18.0 Å². The van der Waals surface area contributed by atoms with Gasteiger partial charge in [-0.1, -0.05) is 0 Å². The number of H-pyrrole nitrogens is 1. The van der Waals surface area contributed by atoms with Crippen LogP contribution in [-0.4, -0.2) is 49.8 Å². The van der Waals surface area contributed by atoms with Crippen molar-refractivity contribution in [2.24, 2.45) is 7.05 Å². The maximum atomic E-state index is 12.9. The Morgan fingerprint density at radius 1 is 1.34 bits per heavy atom. The third-order valence-corrected chi connectivity index (χ3v) is 4.73. The number of carbonyl (C=O) groups excluding carboxylic acids is 1. The number of aromatic amines is 1. The highest BCUT2D eigenvalue weighted by molar-refractivity contribution is 5.92. The van der Waals surface area contributed by atoms with Gasteiger partial charge >= 0.3 is 6.18 Å². The Kier molecular flexibility index (Phi) is 4.73. The van der Waals surface area contributed by atoms with Crippen LogP contribution in [0, 0.1) is 0 Å². The molecule has 0 bridgehead atoms. The van der Waals surface area contributed by atoms with Gasteiger partial charge in [-0.15, -0.1) is 0 Å². The summed E-state index contributed by atoms with van der Waals surface area (Å²) >= 11 is 0. The Morgan fingerprint density at radius 3 is 2.86 bits per heavy atom. The summed E-state index contributed by atoms with van der Waals surface area (Å²) in [4.78, 5) is 26.2. The number of anilines is 1. The van der Waals surface area contributed by atoms with Gasteiger partial charge in [0.05, 0.1) is 11.4 Å². The number of hydrogen-bond acceptors (Lipinski definition) is 5. The third kappa shape index (κ3) is 3.93. The number of rotatable bonds is 4. The first-order valence-corrected chi connectivity index (χ1v) is 8.95. The summed E-state index contributed by atoms with van der Waals surface area (Å²) in [5.41, 5.74) is 0.391. The molecule has 1 atom stereocenters. The van der Waals surface area contributed by atoms with E-state index in [1.165, 1.54) is 0 Å². The molecule has 2 N–H and O–H groups in total. The van der Waals surface area contributed by atoms with E-state index in [0.717, 1.165) is 24.5 Å². The number of alkyl halides is 3. The first kappa shape index (κ1) is 19.0. The van der Waals surface area contributed by atoms with Crippen molar-refractivity contribution in [3.63, 3.8) is 0 Å². The highest BCUT2D eigenvalue weighted by atomic mass is 19.4. The predicted molar refractivity (Wildman–Crippen MR) is 98.1 cm³/mol. The van der Waals surface area contributed by atoms with Crippen molar-refractivity contribution in [1.29, 1.82) is 0 Å². The van der Waals surface area contributed by atoms with E-state index >= 15 is 0 Å². The summed E-state index contributed by atoms with van der Waals surface area (Å²) < 4.78 is 39.3. The Labute approximate surface area is 163 Å². The van der Waals surface area contributed by atoms with Gasteiger partial charge in [-0.3, -0.25) is 9.48 Å². The number of carbonyl (C=O) groups is 1. The number of aromatic nitrogens is 5. The van der Waals surface area contributed by atoms with E-state index in [1.807, 2.05) is 17.0 Å². The molecule has 1 fully saturated rings. The lowest BCUT2D eigenvalue weighted by atomic mass is 10.2. The third-order valence-electron chi connectivity index (χ3n) is 4.73. The molecule has 3 aromatic rings. The van der Waals surface area contributed by atoms with Crippen molar-refractivity contribution in [2.45, 2.75) is 18.6 Å². The van der Waals surface area contributed by atoms with Crippen LogP contribution in [0.3, 0.4) is 0 Å². The van der Waals surface area contributed by atoms with Crippen LogP contribution in [0.1, 0.15) is 22.6 Å². The zero-order valence-electron chi connectivity index (χ0n) is 15.4. The van der Waals surface area contributed by atoms with Crippen molar-refractivity contribution >= 4 is 11.9 Å². The molecule has 29 heavy (non-hydrogen) atoms. The first-order valence-electron chi connectivity index (χ1n) is 8.95. The zero-order chi connectivity index (χ0) is 20.6. The van der Waals surface area contributed by atoms with Crippen molar-refractivity contribution < 1.29 is 18.0 Å². The molecule has 4 heterocycles. The molecule has 3 aromatic heterocycles. The van der Waals surface area contributed by atoms with E-state index in [1.54, 1.807) is 18.5 Å². The normalized spacial score (nSPS) is 17.0. The molecule has 1 unspecified atom stereocenters. The summed E-state index contributed by atoms with van der Waals surface area (Å²) in [6.45, 7) is 1.08. The highest BCUT2D eigenvalue weighted by Gasteiger charge is 2.36. The second kappa shape index (κ2) is 7.22. The highest BCUT2D eigenvalue weighted by Crippen LogP contribution is 2.29. The summed E-state index contributed by atoms with van der Waals surface area (Å²) in [5.74, 6) is -0.102. The van der Waals surface area contributed by atoms with Crippen molar-refractivity contribution in [2.75, 3.05) is 18.0 Å². The van der Waals surface area contributed by atoms with E-state index in [0.29, 0.717) is 30.1 Å². The average Bonchev–Trinajstić information content (AvgIpc) is 3.42. The first-order chi connectivity index (χ1) is 13.8. The molecule has 0 saturated carbocycles. The molecule has 4 rings (SSSR count). The van der Waals surface area contributed by atoms with Crippen LogP contribution in [0.15, 0.2) is 36.7 Å². The number of aryl methyl sites for hydroxylation is 1. The van der Waals surface area contributed by atoms with Gasteiger partial charge in [0.2, 0.25) is 5.95 Å². The van der Waals surface area contributed by atoms with Gasteiger partial charge in [-0.25, -0.2) is 9.97 Å². The summed E-state index contributed by atoms with van der Waals surface area (Å²) in [6.07, 6.45) is -0.468. The summed E-state index contributed by atoms with van der Waals surface area (Å²) in [5, 5.41) is 6.42. The van der Waals surface area contributed by atoms with Crippen molar-refractivity contribution in [1.82, 2.24) is 30.0 Å². The average molecular weight is 405 g/mol. The summed E-state index contributed by atoms with van der Waals surface area (Å²) in [7, 11) is 1.16. The van der Waals surface area contributed by atoms with Gasteiger partial charge < -0.3 is 15.2 Å². The number of halogens is 3. The zero-order valence-corrected chi connectivity index (χ0v) is 15.4. The van der Waals surface area contributed by atoms with E-state index < -0.39 is 17.8 Å². The molecular weight excluding hydrogens is 387 g/mol. The molecule has 8 nitrogen and oxygen atoms in total. The van der Waals surface area contributed by atoms with Crippen LogP contribution in [0.2, 0.25) is 0 Å². The molecule has 1 aliphatic rings. The van der Waals surface area contributed by atoms with Gasteiger partial charge in [0.25, 0.3) is 5.91 Å². The van der Waals surface area contributed by atoms with Gasteiger partial charge in [-0.05, 0) is 24.6 Å². The monoisotopic (exact) mass is 405 g/mol. The molecular formula is C18H18F3N7O.